The molecule has 0 spiro atoms. The van der Waals surface area contributed by atoms with Gasteiger partial charge in [0.05, 0.1) is 10.7 Å². The number of para-hydroxylation sites is 3. The van der Waals surface area contributed by atoms with Crippen molar-refractivity contribution in [3.05, 3.63) is 90.0 Å². The Hall–Kier alpha value is -3.64. The van der Waals surface area contributed by atoms with Crippen LogP contribution in [0.5, 0.6) is 0 Å². The Morgan fingerprint density at radius 2 is 0.929 bits per heavy atom. The molecule has 0 bridgehead atoms. The van der Waals surface area contributed by atoms with Crippen molar-refractivity contribution in [2.24, 2.45) is 0 Å². The van der Waals surface area contributed by atoms with Crippen molar-refractivity contribution < 1.29 is 0 Å². The summed E-state index contributed by atoms with van der Waals surface area (Å²) in [7, 11) is 0. The van der Waals surface area contributed by atoms with E-state index in [0.717, 1.165) is 11.4 Å². The lowest BCUT2D eigenvalue weighted by molar-refractivity contribution is 1.06. The monoisotopic (exact) mass is 388 g/mol. The molecule has 0 amide bonds. The Balaban J connectivity index is 1.66. The molecule has 0 radical (unpaired) electrons. The van der Waals surface area contributed by atoms with E-state index in [0.29, 0.717) is 28.6 Å². The van der Waals surface area contributed by atoms with Gasteiger partial charge in [0.1, 0.15) is 0 Å². The highest BCUT2D eigenvalue weighted by molar-refractivity contribution is 6.33. The first kappa shape index (κ1) is 17.8. The Bertz CT molecular complexity index is 997. The topological polar surface area (TPSA) is 74.8 Å². The lowest BCUT2D eigenvalue weighted by Gasteiger charge is -2.12. The van der Waals surface area contributed by atoms with Crippen LogP contribution in [-0.2, 0) is 0 Å². The number of nitrogens with one attached hydrogen (secondary N) is 3. The van der Waals surface area contributed by atoms with E-state index in [-0.39, 0.29) is 0 Å². The smallest absolute Gasteiger partial charge is 0.233 e. The Morgan fingerprint density at radius 1 is 0.500 bits per heavy atom. The first-order valence-electron chi connectivity index (χ1n) is 8.68. The normalized spacial score (nSPS) is 10.3. The number of anilines is 6. The van der Waals surface area contributed by atoms with Gasteiger partial charge in [0.2, 0.25) is 17.8 Å². The van der Waals surface area contributed by atoms with Crippen molar-refractivity contribution in [1.29, 1.82) is 0 Å². The van der Waals surface area contributed by atoms with Gasteiger partial charge in [-0.3, -0.25) is 0 Å². The molecule has 4 rings (SSSR count). The molecule has 138 valence electrons. The van der Waals surface area contributed by atoms with Crippen molar-refractivity contribution in [2.75, 3.05) is 16.0 Å². The second-order valence-electron chi connectivity index (χ2n) is 5.89. The summed E-state index contributed by atoms with van der Waals surface area (Å²) in [5.41, 5.74) is 2.47. The van der Waals surface area contributed by atoms with Crippen LogP contribution in [0.2, 0.25) is 5.02 Å². The van der Waals surface area contributed by atoms with Crippen LogP contribution in [0, 0.1) is 0 Å². The molecule has 1 aromatic heterocycles. The zero-order valence-corrected chi connectivity index (χ0v) is 15.6. The quantitative estimate of drug-likeness (QED) is 0.390. The molecule has 0 fully saturated rings. The second kappa shape index (κ2) is 8.37. The van der Waals surface area contributed by atoms with Gasteiger partial charge in [0, 0.05) is 11.4 Å². The highest BCUT2D eigenvalue weighted by Gasteiger charge is 2.09. The molecule has 0 saturated heterocycles. The van der Waals surface area contributed by atoms with E-state index < -0.39 is 0 Å². The van der Waals surface area contributed by atoms with Crippen LogP contribution < -0.4 is 16.0 Å². The average molecular weight is 389 g/mol. The summed E-state index contributed by atoms with van der Waals surface area (Å²) >= 11 is 6.25. The van der Waals surface area contributed by atoms with Gasteiger partial charge >= 0.3 is 0 Å². The van der Waals surface area contributed by atoms with E-state index in [1.165, 1.54) is 0 Å². The molecule has 3 aromatic carbocycles. The van der Waals surface area contributed by atoms with Crippen molar-refractivity contribution in [3.63, 3.8) is 0 Å². The molecular weight excluding hydrogens is 372 g/mol. The minimum absolute atomic E-state index is 0.375. The summed E-state index contributed by atoms with van der Waals surface area (Å²) in [6, 6.07) is 26.8. The van der Waals surface area contributed by atoms with E-state index in [2.05, 4.69) is 30.9 Å². The van der Waals surface area contributed by atoms with Gasteiger partial charge in [0.25, 0.3) is 0 Å². The standard InChI is InChI=1S/C21H17ClN6/c22-17-13-7-8-14-18(17)25-21-27-19(23-15-9-3-1-4-10-15)26-20(28-21)24-16-11-5-2-6-12-16/h1-14H,(H3,23,24,25,26,27,28). The summed E-state index contributed by atoms with van der Waals surface area (Å²) in [6.45, 7) is 0. The van der Waals surface area contributed by atoms with Crippen molar-refractivity contribution in [1.82, 2.24) is 15.0 Å². The number of benzene rings is 3. The summed E-state index contributed by atoms with van der Waals surface area (Å²) in [4.78, 5) is 13.4. The molecule has 0 aliphatic rings. The van der Waals surface area contributed by atoms with Crippen LogP contribution >= 0.6 is 11.6 Å². The van der Waals surface area contributed by atoms with Crippen LogP contribution in [0.15, 0.2) is 84.9 Å². The number of rotatable bonds is 6. The van der Waals surface area contributed by atoms with Gasteiger partial charge in [-0.15, -0.1) is 0 Å². The van der Waals surface area contributed by atoms with E-state index in [9.17, 15) is 0 Å². The van der Waals surface area contributed by atoms with Crippen LogP contribution in [0.25, 0.3) is 0 Å². The molecule has 0 atom stereocenters. The lowest BCUT2D eigenvalue weighted by Crippen LogP contribution is -2.07. The largest absolute Gasteiger partial charge is 0.324 e. The summed E-state index contributed by atoms with van der Waals surface area (Å²) in [6.07, 6.45) is 0. The molecule has 1 heterocycles. The maximum absolute atomic E-state index is 6.25. The van der Waals surface area contributed by atoms with Crippen molar-refractivity contribution >= 4 is 46.5 Å². The third-order valence-electron chi connectivity index (χ3n) is 3.82. The molecule has 0 unspecified atom stereocenters. The zero-order chi connectivity index (χ0) is 19.2. The third kappa shape index (κ3) is 4.55. The van der Waals surface area contributed by atoms with Crippen LogP contribution in [0.4, 0.5) is 34.9 Å². The third-order valence-corrected chi connectivity index (χ3v) is 4.15. The number of hydrogen-bond donors (Lipinski definition) is 3. The second-order valence-corrected chi connectivity index (χ2v) is 6.30. The number of aromatic nitrogens is 3. The molecule has 7 heteroatoms. The number of hydrogen-bond acceptors (Lipinski definition) is 6. The van der Waals surface area contributed by atoms with Gasteiger partial charge in [0.15, 0.2) is 0 Å². The molecule has 0 aliphatic carbocycles. The van der Waals surface area contributed by atoms with Gasteiger partial charge < -0.3 is 16.0 Å². The number of nitrogens with zero attached hydrogens (tertiary/aromatic N) is 3. The summed E-state index contributed by atoms with van der Waals surface area (Å²) in [5, 5.41) is 10.1. The molecular formula is C21H17ClN6. The van der Waals surface area contributed by atoms with Gasteiger partial charge in [-0.25, -0.2) is 0 Å². The Morgan fingerprint density at radius 3 is 1.43 bits per heavy atom. The number of halogens is 1. The van der Waals surface area contributed by atoms with Gasteiger partial charge in [-0.1, -0.05) is 60.1 Å². The fourth-order valence-electron chi connectivity index (χ4n) is 2.53. The predicted molar refractivity (Wildman–Crippen MR) is 114 cm³/mol. The molecule has 28 heavy (non-hydrogen) atoms. The molecule has 6 nitrogen and oxygen atoms in total. The summed E-state index contributed by atoms with van der Waals surface area (Å²) < 4.78 is 0. The zero-order valence-electron chi connectivity index (χ0n) is 14.8. The fourth-order valence-corrected chi connectivity index (χ4v) is 2.71. The van der Waals surface area contributed by atoms with Crippen molar-refractivity contribution in [3.8, 4) is 0 Å². The minimum Gasteiger partial charge on any atom is -0.324 e. The van der Waals surface area contributed by atoms with E-state index >= 15 is 0 Å². The van der Waals surface area contributed by atoms with E-state index in [1.54, 1.807) is 6.07 Å². The first-order valence-corrected chi connectivity index (χ1v) is 9.06. The predicted octanol–water partition coefficient (Wildman–Crippen LogP) is 5.76. The molecule has 0 saturated carbocycles. The minimum atomic E-state index is 0.375. The highest BCUT2D eigenvalue weighted by atomic mass is 35.5. The van der Waals surface area contributed by atoms with Crippen LogP contribution in [0.3, 0.4) is 0 Å². The lowest BCUT2D eigenvalue weighted by atomic mass is 10.3. The van der Waals surface area contributed by atoms with E-state index in [4.69, 9.17) is 11.6 Å². The van der Waals surface area contributed by atoms with Crippen LogP contribution in [-0.4, -0.2) is 15.0 Å². The van der Waals surface area contributed by atoms with Gasteiger partial charge in [-0.05, 0) is 36.4 Å². The first-order chi connectivity index (χ1) is 13.8. The average Bonchev–Trinajstić information content (AvgIpc) is 2.71. The maximum atomic E-state index is 6.25. The maximum Gasteiger partial charge on any atom is 0.233 e. The summed E-state index contributed by atoms with van der Waals surface area (Å²) in [5.74, 6) is 1.20. The van der Waals surface area contributed by atoms with Gasteiger partial charge in [-0.2, -0.15) is 15.0 Å². The molecule has 4 aromatic rings. The van der Waals surface area contributed by atoms with Crippen molar-refractivity contribution in [2.45, 2.75) is 0 Å². The molecule has 3 N–H and O–H groups in total. The molecule has 0 aliphatic heterocycles. The van der Waals surface area contributed by atoms with Crippen LogP contribution in [0.1, 0.15) is 0 Å². The highest BCUT2D eigenvalue weighted by Crippen LogP contribution is 2.25. The Kier molecular flexibility index (Phi) is 5.31. The Labute approximate surface area is 167 Å². The SMILES string of the molecule is Clc1ccccc1Nc1nc(Nc2ccccc2)nc(Nc2ccccc2)n1. The fraction of sp³-hybridized carbons (Fsp3) is 0. The van der Waals surface area contributed by atoms with E-state index in [1.807, 2.05) is 78.9 Å².